The second kappa shape index (κ2) is 5.90. The molecule has 1 aliphatic rings. The molecule has 0 bridgehead atoms. The zero-order valence-electron chi connectivity index (χ0n) is 11.6. The van der Waals surface area contributed by atoms with Gasteiger partial charge < -0.3 is 15.1 Å². The summed E-state index contributed by atoms with van der Waals surface area (Å²) in [5.74, 6) is -0.363. The van der Waals surface area contributed by atoms with Crippen molar-refractivity contribution >= 4 is 17.6 Å². The summed E-state index contributed by atoms with van der Waals surface area (Å²) >= 11 is 0. The summed E-state index contributed by atoms with van der Waals surface area (Å²) < 4.78 is 13.2. The van der Waals surface area contributed by atoms with Crippen LogP contribution < -0.4 is 5.32 Å². The number of benzene rings is 1. The van der Waals surface area contributed by atoms with Gasteiger partial charge in [0.15, 0.2) is 0 Å². The minimum atomic E-state index is -0.382. The number of hydrogen-bond donors (Lipinski definition) is 1. The Labute approximate surface area is 117 Å². The van der Waals surface area contributed by atoms with E-state index in [4.69, 9.17) is 0 Å². The topological polar surface area (TPSA) is 52.7 Å². The van der Waals surface area contributed by atoms with E-state index in [0.29, 0.717) is 31.9 Å². The minimum absolute atomic E-state index is 0.0195. The summed E-state index contributed by atoms with van der Waals surface area (Å²) in [5.41, 5.74) is 1.28. The standard InChI is InChI=1S/C14H18FN3O2/c1-10-3-4-12(15)9-13(10)16-14(20)18-7-5-17(6-8-18)11(2)19/h3-4,9H,5-8H2,1-2H3,(H,16,20). The van der Waals surface area contributed by atoms with Crippen LogP contribution in [0.2, 0.25) is 0 Å². The van der Waals surface area contributed by atoms with E-state index in [1.807, 2.05) is 6.92 Å². The number of carbonyl (C=O) groups is 2. The molecule has 0 radical (unpaired) electrons. The Morgan fingerprint density at radius 2 is 1.75 bits per heavy atom. The van der Waals surface area contributed by atoms with E-state index in [9.17, 15) is 14.0 Å². The molecule has 1 aromatic carbocycles. The molecule has 108 valence electrons. The molecule has 3 amide bonds. The lowest BCUT2D eigenvalue weighted by atomic mass is 10.2. The van der Waals surface area contributed by atoms with Crippen molar-refractivity contribution in [2.45, 2.75) is 13.8 Å². The lowest BCUT2D eigenvalue weighted by molar-refractivity contribution is -0.130. The maximum Gasteiger partial charge on any atom is 0.321 e. The number of rotatable bonds is 1. The van der Waals surface area contributed by atoms with Crippen molar-refractivity contribution in [3.8, 4) is 0 Å². The molecule has 0 aliphatic carbocycles. The number of halogens is 1. The molecule has 1 N–H and O–H groups in total. The molecule has 0 saturated carbocycles. The third kappa shape index (κ3) is 3.26. The first-order valence-electron chi connectivity index (χ1n) is 6.55. The van der Waals surface area contributed by atoms with Crippen LogP contribution in [0.3, 0.4) is 0 Å². The number of nitrogens with one attached hydrogen (secondary N) is 1. The summed E-state index contributed by atoms with van der Waals surface area (Å²) in [4.78, 5) is 26.6. The van der Waals surface area contributed by atoms with Gasteiger partial charge in [0.05, 0.1) is 0 Å². The van der Waals surface area contributed by atoms with Crippen molar-refractivity contribution in [3.05, 3.63) is 29.6 Å². The van der Waals surface area contributed by atoms with Crippen molar-refractivity contribution in [3.63, 3.8) is 0 Å². The van der Waals surface area contributed by atoms with Gasteiger partial charge in [0, 0.05) is 38.8 Å². The van der Waals surface area contributed by atoms with Crippen LogP contribution in [0.15, 0.2) is 18.2 Å². The van der Waals surface area contributed by atoms with Gasteiger partial charge >= 0.3 is 6.03 Å². The van der Waals surface area contributed by atoms with Crippen LogP contribution in [0.1, 0.15) is 12.5 Å². The first-order chi connectivity index (χ1) is 9.47. The van der Waals surface area contributed by atoms with Crippen molar-refractivity contribution < 1.29 is 14.0 Å². The highest BCUT2D eigenvalue weighted by Crippen LogP contribution is 2.17. The predicted molar refractivity (Wildman–Crippen MR) is 74.0 cm³/mol. The molecule has 1 aromatic rings. The van der Waals surface area contributed by atoms with Crippen molar-refractivity contribution in [2.75, 3.05) is 31.5 Å². The van der Waals surface area contributed by atoms with E-state index < -0.39 is 0 Å². The summed E-state index contributed by atoms with van der Waals surface area (Å²) in [5, 5.41) is 2.71. The minimum Gasteiger partial charge on any atom is -0.339 e. The monoisotopic (exact) mass is 279 g/mol. The van der Waals surface area contributed by atoms with Crippen LogP contribution in [0, 0.1) is 12.7 Å². The first-order valence-corrected chi connectivity index (χ1v) is 6.55. The summed E-state index contributed by atoms with van der Waals surface area (Å²) in [7, 11) is 0. The maximum atomic E-state index is 13.2. The van der Waals surface area contributed by atoms with Gasteiger partial charge in [-0.05, 0) is 24.6 Å². The van der Waals surface area contributed by atoms with Gasteiger partial charge in [-0.1, -0.05) is 6.07 Å². The second-order valence-corrected chi connectivity index (χ2v) is 4.88. The van der Waals surface area contributed by atoms with E-state index in [0.717, 1.165) is 5.56 Å². The second-order valence-electron chi connectivity index (χ2n) is 4.88. The fourth-order valence-electron chi connectivity index (χ4n) is 2.15. The lowest BCUT2D eigenvalue weighted by Gasteiger charge is -2.34. The van der Waals surface area contributed by atoms with Crippen molar-refractivity contribution in [1.82, 2.24) is 9.80 Å². The SMILES string of the molecule is CC(=O)N1CCN(C(=O)Nc2cc(F)ccc2C)CC1. The highest BCUT2D eigenvalue weighted by atomic mass is 19.1. The number of piperazine rings is 1. The lowest BCUT2D eigenvalue weighted by Crippen LogP contribution is -2.51. The van der Waals surface area contributed by atoms with Gasteiger partial charge in [0.25, 0.3) is 0 Å². The summed E-state index contributed by atoms with van der Waals surface area (Å²) in [6, 6.07) is 4.02. The third-order valence-corrected chi connectivity index (χ3v) is 3.45. The quantitative estimate of drug-likeness (QED) is 0.852. The Bertz CT molecular complexity index is 525. The normalized spacial score (nSPS) is 15.2. The molecule has 0 unspecified atom stereocenters. The van der Waals surface area contributed by atoms with E-state index in [-0.39, 0.29) is 17.8 Å². The molecule has 0 aromatic heterocycles. The van der Waals surface area contributed by atoms with Crippen LogP contribution in [0.4, 0.5) is 14.9 Å². The Balaban J connectivity index is 1.96. The highest BCUT2D eigenvalue weighted by molar-refractivity contribution is 5.90. The van der Waals surface area contributed by atoms with Crippen LogP contribution in [0.5, 0.6) is 0 Å². The fraction of sp³-hybridized carbons (Fsp3) is 0.429. The summed E-state index contributed by atoms with van der Waals surface area (Å²) in [6.07, 6.45) is 0. The number of anilines is 1. The van der Waals surface area contributed by atoms with E-state index in [2.05, 4.69) is 5.32 Å². The molecule has 1 saturated heterocycles. The van der Waals surface area contributed by atoms with Gasteiger partial charge in [-0.15, -0.1) is 0 Å². The molecule has 20 heavy (non-hydrogen) atoms. The molecule has 1 heterocycles. The number of hydrogen-bond acceptors (Lipinski definition) is 2. The Hall–Kier alpha value is -2.11. The van der Waals surface area contributed by atoms with Gasteiger partial charge in [-0.2, -0.15) is 0 Å². The molecular weight excluding hydrogens is 261 g/mol. The molecule has 5 nitrogen and oxygen atoms in total. The van der Waals surface area contributed by atoms with Crippen molar-refractivity contribution in [1.29, 1.82) is 0 Å². The molecule has 0 spiro atoms. The van der Waals surface area contributed by atoms with Crippen molar-refractivity contribution in [2.24, 2.45) is 0 Å². The maximum absolute atomic E-state index is 13.2. The van der Waals surface area contributed by atoms with Gasteiger partial charge in [-0.3, -0.25) is 4.79 Å². The van der Waals surface area contributed by atoms with Crippen LogP contribution in [0.25, 0.3) is 0 Å². The Morgan fingerprint density at radius 3 is 2.35 bits per heavy atom. The average Bonchev–Trinajstić information content (AvgIpc) is 2.43. The number of amides is 3. The van der Waals surface area contributed by atoms with Crippen LogP contribution in [-0.2, 0) is 4.79 Å². The largest absolute Gasteiger partial charge is 0.339 e. The number of nitrogens with zero attached hydrogens (tertiary/aromatic N) is 2. The van der Waals surface area contributed by atoms with Gasteiger partial charge in [0.2, 0.25) is 5.91 Å². The van der Waals surface area contributed by atoms with Crippen LogP contribution in [-0.4, -0.2) is 47.9 Å². The average molecular weight is 279 g/mol. The zero-order valence-corrected chi connectivity index (χ0v) is 11.6. The zero-order chi connectivity index (χ0) is 14.7. The smallest absolute Gasteiger partial charge is 0.321 e. The Morgan fingerprint density at radius 1 is 1.15 bits per heavy atom. The molecular formula is C14H18FN3O2. The van der Waals surface area contributed by atoms with E-state index in [1.54, 1.807) is 15.9 Å². The summed E-state index contributed by atoms with van der Waals surface area (Å²) in [6.45, 7) is 5.36. The molecule has 6 heteroatoms. The number of urea groups is 1. The third-order valence-electron chi connectivity index (χ3n) is 3.45. The first kappa shape index (κ1) is 14.3. The molecule has 2 rings (SSSR count). The van der Waals surface area contributed by atoms with E-state index >= 15 is 0 Å². The predicted octanol–water partition coefficient (Wildman–Crippen LogP) is 1.83. The van der Waals surface area contributed by atoms with E-state index in [1.165, 1.54) is 19.1 Å². The fourth-order valence-corrected chi connectivity index (χ4v) is 2.15. The molecule has 1 fully saturated rings. The van der Waals surface area contributed by atoms with Crippen LogP contribution >= 0.6 is 0 Å². The Kier molecular flexibility index (Phi) is 4.22. The highest BCUT2D eigenvalue weighted by Gasteiger charge is 2.22. The van der Waals surface area contributed by atoms with Gasteiger partial charge in [0.1, 0.15) is 5.82 Å². The number of aryl methyl sites for hydroxylation is 1. The molecule has 0 atom stereocenters. The molecule has 1 aliphatic heterocycles. The number of carbonyl (C=O) groups excluding carboxylic acids is 2. The van der Waals surface area contributed by atoms with Gasteiger partial charge in [-0.25, -0.2) is 9.18 Å².